The van der Waals surface area contributed by atoms with E-state index in [2.05, 4.69) is 15.0 Å². The molecule has 0 unspecified atom stereocenters. The zero-order chi connectivity index (χ0) is 19.3. The van der Waals surface area contributed by atoms with E-state index in [1.807, 2.05) is 19.9 Å². The Morgan fingerprint density at radius 3 is 2.89 bits per heavy atom. The highest BCUT2D eigenvalue weighted by Gasteiger charge is 2.33. The Morgan fingerprint density at radius 2 is 2.15 bits per heavy atom. The molecule has 27 heavy (non-hydrogen) atoms. The molecule has 6 nitrogen and oxygen atoms in total. The number of hydrogen-bond donors (Lipinski definition) is 1. The van der Waals surface area contributed by atoms with Crippen molar-refractivity contribution in [2.24, 2.45) is 0 Å². The Bertz CT molecular complexity index is 1060. The van der Waals surface area contributed by atoms with Gasteiger partial charge in [0.25, 0.3) is 5.91 Å². The first-order valence-electron chi connectivity index (χ1n) is 8.59. The number of aryl methyl sites for hydroxylation is 1. The second-order valence-corrected chi connectivity index (χ2v) is 7.40. The molecule has 0 saturated heterocycles. The summed E-state index contributed by atoms with van der Waals surface area (Å²) in [5, 5.41) is 1.98. The quantitative estimate of drug-likeness (QED) is 0.689. The van der Waals surface area contributed by atoms with E-state index < -0.39 is 0 Å². The zero-order valence-electron chi connectivity index (χ0n) is 15.1. The summed E-state index contributed by atoms with van der Waals surface area (Å²) in [7, 11) is 1.53. The van der Waals surface area contributed by atoms with Gasteiger partial charge < -0.3 is 14.6 Å². The predicted molar refractivity (Wildman–Crippen MR) is 105 cm³/mol. The van der Waals surface area contributed by atoms with Gasteiger partial charge in [-0.05, 0) is 19.9 Å². The van der Waals surface area contributed by atoms with Crippen LogP contribution in [0, 0.1) is 6.92 Å². The smallest absolute Gasteiger partial charge is 0.292 e. The molecule has 1 amide bonds. The molecular formula is C19H18Cl2N4O2. The van der Waals surface area contributed by atoms with E-state index in [0.717, 1.165) is 27.7 Å². The van der Waals surface area contributed by atoms with E-state index in [0.29, 0.717) is 28.9 Å². The van der Waals surface area contributed by atoms with Crippen molar-refractivity contribution in [3.63, 3.8) is 0 Å². The number of ether oxygens (including phenoxy) is 1. The average Bonchev–Trinajstić information content (AvgIpc) is 3.05. The van der Waals surface area contributed by atoms with Gasteiger partial charge in [-0.15, -0.1) is 0 Å². The molecule has 1 aliphatic heterocycles. The van der Waals surface area contributed by atoms with Crippen molar-refractivity contribution in [2.75, 3.05) is 13.7 Å². The molecule has 0 spiro atoms. The molecule has 140 valence electrons. The summed E-state index contributed by atoms with van der Waals surface area (Å²) in [5.74, 6) is 0.321. The Balaban J connectivity index is 1.74. The van der Waals surface area contributed by atoms with Crippen LogP contribution in [-0.4, -0.2) is 39.4 Å². The first kappa shape index (κ1) is 18.1. The topological polar surface area (TPSA) is 71.1 Å². The van der Waals surface area contributed by atoms with Gasteiger partial charge in [0.2, 0.25) is 11.7 Å². The summed E-state index contributed by atoms with van der Waals surface area (Å²) < 4.78 is 5.22. The number of carbonyl (C=O) groups is 1. The number of rotatable bonds is 2. The maximum Gasteiger partial charge on any atom is 0.292 e. The fourth-order valence-corrected chi connectivity index (χ4v) is 4.05. The number of aromatic nitrogens is 3. The van der Waals surface area contributed by atoms with Crippen LogP contribution in [0.3, 0.4) is 0 Å². The van der Waals surface area contributed by atoms with Crippen LogP contribution in [0.2, 0.25) is 10.0 Å². The van der Waals surface area contributed by atoms with Crippen LogP contribution in [0.15, 0.2) is 18.3 Å². The minimum atomic E-state index is -0.221. The normalized spacial score (nSPS) is 16.5. The van der Waals surface area contributed by atoms with Gasteiger partial charge in [0.1, 0.15) is 0 Å². The lowest BCUT2D eigenvalue weighted by molar-refractivity contribution is 0.0664. The van der Waals surface area contributed by atoms with Gasteiger partial charge in [-0.1, -0.05) is 29.3 Å². The summed E-state index contributed by atoms with van der Waals surface area (Å²) in [4.78, 5) is 26.7. The lowest BCUT2D eigenvalue weighted by Gasteiger charge is -2.33. The van der Waals surface area contributed by atoms with E-state index in [1.54, 1.807) is 17.2 Å². The van der Waals surface area contributed by atoms with Crippen LogP contribution >= 0.6 is 23.2 Å². The number of fused-ring (bicyclic) bond motifs is 3. The van der Waals surface area contributed by atoms with Crippen molar-refractivity contribution in [3.8, 4) is 5.88 Å². The van der Waals surface area contributed by atoms with Crippen LogP contribution < -0.4 is 4.74 Å². The SMILES string of the molecule is COc1nc(C(=O)N2CCc3[nH]c4c(Cl)c(Cl)ccc4c3[C@H]2C)ncc1C. The van der Waals surface area contributed by atoms with E-state index in [4.69, 9.17) is 27.9 Å². The molecule has 1 atom stereocenters. The molecule has 0 saturated carbocycles. The summed E-state index contributed by atoms with van der Waals surface area (Å²) in [5.41, 5.74) is 3.73. The number of amides is 1. The van der Waals surface area contributed by atoms with Gasteiger partial charge in [-0.2, -0.15) is 4.98 Å². The summed E-state index contributed by atoms with van der Waals surface area (Å²) >= 11 is 12.5. The van der Waals surface area contributed by atoms with Crippen molar-refractivity contribution < 1.29 is 9.53 Å². The predicted octanol–water partition coefficient (Wildman–Crippen LogP) is 4.34. The number of halogens is 2. The van der Waals surface area contributed by atoms with Gasteiger partial charge in [-0.25, -0.2) is 4.98 Å². The number of nitrogens with zero attached hydrogens (tertiary/aromatic N) is 3. The van der Waals surface area contributed by atoms with Crippen molar-refractivity contribution >= 4 is 40.0 Å². The third-order valence-corrected chi connectivity index (χ3v) is 5.85. The number of aromatic amines is 1. The first-order valence-corrected chi connectivity index (χ1v) is 9.35. The molecule has 3 heterocycles. The maximum atomic E-state index is 13.1. The third-order valence-electron chi connectivity index (χ3n) is 5.04. The Kier molecular flexibility index (Phi) is 4.48. The molecular weight excluding hydrogens is 387 g/mol. The number of hydrogen-bond acceptors (Lipinski definition) is 4. The molecule has 1 N–H and O–H groups in total. The van der Waals surface area contributed by atoms with E-state index in [9.17, 15) is 4.79 Å². The minimum Gasteiger partial charge on any atom is -0.481 e. The molecule has 1 aliphatic rings. The van der Waals surface area contributed by atoms with Crippen molar-refractivity contribution in [1.82, 2.24) is 19.9 Å². The molecule has 0 fully saturated rings. The van der Waals surface area contributed by atoms with Crippen molar-refractivity contribution in [3.05, 3.63) is 51.0 Å². The summed E-state index contributed by atoms with van der Waals surface area (Å²) in [6.07, 6.45) is 2.30. The van der Waals surface area contributed by atoms with E-state index in [-0.39, 0.29) is 17.8 Å². The number of methoxy groups -OCH3 is 1. The minimum absolute atomic E-state index is 0.133. The maximum absolute atomic E-state index is 13.1. The Morgan fingerprint density at radius 1 is 1.37 bits per heavy atom. The van der Waals surface area contributed by atoms with E-state index >= 15 is 0 Å². The summed E-state index contributed by atoms with van der Waals surface area (Å²) in [6, 6.07) is 3.57. The van der Waals surface area contributed by atoms with Crippen molar-refractivity contribution in [1.29, 1.82) is 0 Å². The molecule has 3 aromatic rings. The second-order valence-electron chi connectivity index (χ2n) is 6.61. The highest BCUT2D eigenvalue weighted by Crippen LogP contribution is 2.40. The average molecular weight is 405 g/mol. The van der Waals surface area contributed by atoms with Crippen LogP contribution in [-0.2, 0) is 6.42 Å². The lowest BCUT2D eigenvalue weighted by Crippen LogP contribution is -2.39. The van der Waals surface area contributed by atoms with Crippen LogP contribution in [0.5, 0.6) is 5.88 Å². The number of benzene rings is 1. The zero-order valence-corrected chi connectivity index (χ0v) is 16.6. The summed E-state index contributed by atoms with van der Waals surface area (Å²) in [6.45, 7) is 4.39. The standard InChI is InChI=1S/C19H18Cl2N4O2/c1-9-8-22-17(24-18(9)27-3)19(26)25-7-6-13-14(10(25)2)11-4-5-12(20)15(21)16(11)23-13/h4-5,8,10,23H,6-7H2,1-3H3/t10-/m1/s1. The van der Waals surface area contributed by atoms with Gasteiger partial charge >= 0.3 is 0 Å². The molecule has 0 bridgehead atoms. The van der Waals surface area contributed by atoms with Crippen LogP contribution in [0.4, 0.5) is 0 Å². The Hall–Kier alpha value is -2.31. The van der Waals surface area contributed by atoms with Crippen LogP contribution in [0.1, 0.15) is 40.4 Å². The van der Waals surface area contributed by atoms with E-state index in [1.165, 1.54) is 7.11 Å². The van der Waals surface area contributed by atoms with Gasteiger partial charge in [0.15, 0.2) is 0 Å². The highest BCUT2D eigenvalue weighted by atomic mass is 35.5. The van der Waals surface area contributed by atoms with Crippen molar-refractivity contribution in [2.45, 2.75) is 26.3 Å². The fourth-order valence-electron chi connectivity index (χ4n) is 3.68. The highest BCUT2D eigenvalue weighted by molar-refractivity contribution is 6.45. The van der Waals surface area contributed by atoms with Gasteiger partial charge in [-0.3, -0.25) is 4.79 Å². The molecule has 8 heteroatoms. The second kappa shape index (κ2) is 6.69. The third kappa shape index (κ3) is 2.84. The van der Waals surface area contributed by atoms with Crippen LogP contribution in [0.25, 0.3) is 10.9 Å². The number of nitrogens with one attached hydrogen (secondary N) is 1. The fraction of sp³-hybridized carbons (Fsp3) is 0.316. The first-order chi connectivity index (χ1) is 12.9. The Labute approximate surface area is 166 Å². The van der Waals surface area contributed by atoms with Gasteiger partial charge in [0.05, 0.1) is 28.7 Å². The largest absolute Gasteiger partial charge is 0.481 e. The molecule has 0 radical (unpaired) electrons. The molecule has 4 rings (SSSR count). The molecule has 2 aromatic heterocycles. The monoisotopic (exact) mass is 404 g/mol. The van der Waals surface area contributed by atoms with Gasteiger partial charge in [0, 0.05) is 41.4 Å². The molecule has 0 aliphatic carbocycles. The number of carbonyl (C=O) groups excluding carboxylic acids is 1. The molecule has 1 aromatic carbocycles. The number of H-pyrrole nitrogens is 1. The lowest BCUT2D eigenvalue weighted by atomic mass is 9.97.